The zero-order valence-corrected chi connectivity index (χ0v) is 12.1. The number of hydrogen-bond acceptors (Lipinski definition) is 4. The lowest BCUT2D eigenvalue weighted by Gasteiger charge is -2.10. The van der Waals surface area contributed by atoms with Crippen molar-refractivity contribution in [1.29, 1.82) is 0 Å². The highest BCUT2D eigenvalue weighted by atomic mass is 32.2. The van der Waals surface area contributed by atoms with Gasteiger partial charge in [-0.05, 0) is 18.2 Å². The summed E-state index contributed by atoms with van der Waals surface area (Å²) >= 11 is 0. The minimum absolute atomic E-state index is 0.161. The van der Waals surface area contributed by atoms with Gasteiger partial charge in [-0.1, -0.05) is 12.1 Å². The average Bonchev–Trinajstić information content (AvgIpc) is 3.05. The molecule has 22 heavy (non-hydrogen) atoms. The van der Waals surface area contributed by atoms with Gasteiger partial charge in [0.1, 0.15) is 5.82 Å². The minimum Gasteiger partial charge on any atom is -0.345 e. The van der Waals surface area contributed by atoms with Crippen molar-refractivity contribution in [3.05, 3.63) is 53.3 Å². The molecule has 6 nitrogen and oxygen atoms in total. The summed E-state index contributed by atoms with van der Waals surface area (Å²) in [7, 11) is -3.25. The van der Waals surface area contributed by atoms with E-state index in [2.05, 4.69) is 15.5 Å². The molecule has 0 bridgehead atoms. The van der Waals surface area contributed by atoms with Crippen molar-refractivity contribution in [2.45, 2.75) is 6.04 Å². The Kier molecular flexibility index (Phi) is 3.53. The maximum absolute atomic E-state index is 13.3. The van der Waals surface area contributed by atoms with Gasteiger partial charge in [0.2, 0.25) is 0 Å². The number of nitrogens with zero attached hydrogens (tertiary/aromatic N) is 1. The van der Waals surface area contributed by atoms with Gasteiger partial charge < -0.3 is 5.32 Å². The molecule has 2 heterocycles. The second-order valence-electron chi connectivity index (χ2n) is 4.91. The van der Waals surface area contributed by atoms with Crippen molar-refractivity contribution in [2.24, 2.45) is 0 Å². The molecule has 1 aromatic heterocycles. The van der Waals surface area contributed by atoms with Gasteiger partial charge in [0, 0.05) is 11.0 Å². The fourth-order valence-electron chi connectivity index (χ4n) is 2.23. The van der Waals surface area contributed by atoms with Crippen LogP contribution >= 0.6 is 0 Å². The van der Waals surface area contributed by atoms with Crippen LogP contribution in [0, 0.1) is 5.82 Å². The lowest BCUT2D eigenvalue weighted by Crippen LogP contribution is -2.35. The van der Waals surface area contributed by atoms with E-state index < -0.39 is 27.6 Å². The van der Waals surface area contributed by atoms with Crippen LogP contribution in [0.25, 0.3) is 11.3 Å². The molecule has 1 atom stereocenters. The third-order valence-corrected chi connectivity index (χ3v) is 4.64. The van der Waals surface area contributed by atoms with Crippen LogP contribution in [0.4, 0.5) is 4.39 Å². The molecule has 114 valence electrons. The molecule has 0 fully saturated rings. The topological polar surface area (TPSA) is 91.9 Å². The third-order valence-electron chi connectivity index (χ3n) is 3.24. The number of aromatic amines is 1. The van der Waals surface area contributed by atoms with Crippen LogP contribution < -0.4 is 5.32 Å². The van der Waals surface area contributed by atoms with E-state index in [4.69, 9.17) is 0 Å². The maximum atomic E-state index is 13.3. The third kappa shape index (κ3) is 2.91. The van der Waals surface area contributed by atoms with Crippen LogP contribution in [0.3, 0.4) is 0 Å². The SMILES string of the molecule is O=C(N[C@H]1C=CS(=O)(=O)C1)c1cn[nH]c1-c1cccc(F)c1. The monoisotopic (exact) mass is 321 g/mol. The molecule has 1 amide bonds. The number of carbonyl (C=O) groups is 1. The van der Waals surface area contributed by atoms with Gasteiger partial charge >= 0.3 is 0 Å². The van der Waals surface area contributed by atoms with Crippen molar-refractivity contribution >= 4 is 15.7 Å². The van der Waals surface area contributed by atoms with E-state index in [-0.39, 0.29) is 11.3 Å². The van der Waals surface area contributed by atoms with Gasteiger partial charge in [-0.3, -0.25) is 9.89 Å². The zero-order chi connectivity index (χ0) is 15.7. The van der Waals surface area contributed by atoms with Crippen molar-refractivity contribution in [2.75, 3.05) is 5.75 Å². The first-order chi connectivity index (χ1) is 10.4. The van der Waals surface area contributed by atoms with E-state index in [0.29, 0.717) is 11.3 Å². The predicted molar refractivity (Wildman–Crippen MR) is 78.2 cm³/mol. The Morgan fingerprint density at radius 2 is 2.23 bits per heavy atom. The van der Waals surface area contributed by atoms with Crippen LogP contribution in [0.2, 0.25) is 0 Å². The first-order valence-corrected chi connectivity index (χ1v) is 8.17. The molecule has 8 heteroatoms. The number of sulfone groups is 1. The molecular weight excluding hydrogens is 309 g/mol. The van der Waals surface area contributed by atoms with Crippen LogP contribution in [-0.4, -0.2) is 36.3 Å². The molecule has 3 rings (SSSR count). The first kappa shape index (κ1) is 14.5. The fourth-order valence-corrected chi connectivity index (χ4v) is 3.47. The van der Waals surface area contributed by atoms with E-state index >= 15 is 0 Å². The van der Waals surface area contributed by atoms with E-state index in [0.717, 1.165) is 5.41 Å². The molecule has 0 spiro atoms. The standard InChI is InChI=1S/C14H12FN3O3S/c15-10-3-1-2-9(6-10)13-12(7-16-18-13)14(19)17-11-4-5-22(20,21)8-11/h1-7,11H,8H2,(H,16,18)(H,17,19)/t11-/m0/s1. The van der Waals surface area contributed by atoms with Crippen LogP contribution in [-0.2, 0) is 9.84 Å². The Bertz CT molecular complexity index is 858. The van der Waals surface area contributed by atoms with Crippen molar-refractivity contribution in [3.63, 3.8) is 0 Å². The number of hydrogen-bond donors (Lipinski definition) is 2. The van der Waals surface area contributed by atoms with E-state index in [1.165, 1.54) is 30.5 Å². The largest absolute Gasteiger partial charge is 0.345 e. The number of rotatable bonds is 3. The van der Waals surface area contributed by atoms with Crippen molar-refractivity contribution < 1.29 is 17.6 Å². The van der Waals surface area contributed by atoms with Gasteiger partial charge in [0.25, 0.3) is 5.91 Å². The number of H-pyrrole nitrogens is 1. The number of aromatic nitrogens is 2. The number of benzene rings is 1. The van der Waals surface area contributed by atoms with Gasteiger partial charge in [0.15, 0.2) is 9.84 Å². The molecule has 0 unspecified atom stereocenters. The van der Waals surface area contributed by atoms with Crippen molar-refractivity contribution in [3.8, 4) is 11.3 Å². The Morgan fingerprint density at radius 1 is 1.41 bits per heavy atom. The quantitative estimate of drug-likeness (QED) is 0.890. The average molecular weight is 321 g/mol. The number of amides is 1. The summed E-state index contributed by atoms with van der Waals surface area (Å²) in [6.07, 6.45) is 2.75. The fraction of sp³-hybridized carbons (Fsp3) is 0.143. The molecule has 1 aromatic carbocycles. The van der Waals surface area contributed by atoms with Crippen LogP contribution in [0.15, 0.2) is 41.9 Å². The predicted octanol–water partition coefficient (Wildman–Crippen LogP) is 1.26. The second kappa shape index (κ2) is 5.38. The second-order valence-corrected chi connectivity index (χ2v) is 6.84. The lowest BCUT2D eigenvalue weighted by molar-refractivity contribution is 0.0948. The molecule has 2 N–H and O–H groups in total. The molecule has 2 aromatic rings. The summed E-state index contributed by atoms with van der Waals surface area (Å²) in [5, 5.41) is 10.2. The Balaban J connectivity index is 1.83. The van der Waals surface area contributed by atoms with E-state index in [9.17, 15) is 17.6 Å². The van der Waals surface area contributed by atoms with Gasteiger partial charge in [-0.15, -0.1) is 0 Å². The number of carbonyl (C=O) groups excluding carboxylic acids is 1. The van der Waals surface area contributed by atoms with Gasteiger partial charge in [-0.2, -0.15) is 5.10 Å². The summed E-state index contributed by atoms with van der Waals surface area (Å²) in [5.74, 6) is -1.06. The maximum Gasteiger partial charge on any atom is 0.255 e. The number of halogens is 1. The zero-order valence-electron chi connectivity index (χ0n) is 11.3. The Morgan fingerprint density at radius 3 is 2.91 bits per heavy atom. The number of nitrogens with one attached hydrogen (secondary N) is 2. The molecule has 1 aliphatic rings. The smallest absolute Gasteiger partial charge is 0.255 e. The van der Waals surface area contributed by atoms with Gasteiger partial charge in [-0.25, -0.2) is 12.8 Å². The lowest BCUT2D eigenvalue weighted by atomic mass is 10.1. The molecule has 0 aliphatic carbocycles. The Labute approximate surface area is 126 Å². The molecular formula is C14H12FN3O3S. The van der Waals surface area contributed by atoms with Crippen LogP contribution in [0.1, 0.15) is 10.4 Å². The van der Waals surface area contributed by atoms with E-state index in [1.54, 1.807) is 6.07 Å². The summed E-state index contributed by atoms with van der Waals surface area (Å²) in [4.78, 5) is 12.3. The molecule has 1 aliphatic heterocycles. The van der Waals surface area contributed by atoms with Crippen LogP contribution in [0.5, 0.6) is 0 Å². The minimum atomic E-state index is -3.25. The highest BCUT2D eigenvalue weighted by molar-refractivity contribution is 7.94. The highest BCUT2D eigenvalue weighted by Crippen LogP contribution is 2.22. The Hall–Kier alpha value is -2.48. The summed E-state index contributed by atoms with van der Waals surface area (Å²) in [6, 6.07) is 5.18. The molecule has 0 radical (unpaired) electrons. The summed E-state index contributed by atoms with van der Waals surface area (Å²) in [6.45, 7) is 0. The normalized spacial score (nSPS) is 19.2. The summed E-state index contributed by atoms with van der Waals surface area (Å²) < 4.78 is 36.0. The summed E-state index contributed by atoms with van der Waals surface area (Å²) in [5.41, 5.74) is 1.09. The van der Waals surface area contributed by atoms with Crippen molar-refractivity contribution in [1.82, 2.24) is 15.5 Å². The molecule has 0 saturated heterocycles. The van der Waals surface area contributed by atoms with E-state index in [1.807, 2.05) is 0 Å². The molecule has 0 saturated carbocycles. The highest BCUT2D eigenvalue weighted by Gasteiger charge is 2.25. The van der Waals surface area contributed by atoms with Gasteiger partial charge in [0.05, 0.1) is 29.2 Å². The first-order valence-electron chi connectivity index (χ1n) is 6.46.